The molecule has 0 saturated carbocycles. The van der Waals surface area contributed by atoms with E-state index in [1.807, 2.05) is 6.07 Å². The molecule has 0 amide bonds. The number of rotatable bonds is 2. The van der Waals surface area contributed by atoms with E-state index < -0.39 is 0 Å². The van der Waals surface area contributed by atoms with E-state index in [9.17, 15) is 0 Å². The van der Waals surface area contributed by atoms with Crippen LogP contribution in [0.4, 0.5) is 5.69 Å². The summed E-state index contributed by atoms with van der Waals surface area (Å²) in [7, 11) is 0. The van der Waals surface area contributed by atoms with Gasteiger partial charge in [-0.2, -0.15) is 5.26 Å². The lowest BCUT2D eigenvalue weighted by Gasteiger charge is -2.08. The number of hydrogen-bond donors (Lipinski definition) is 1. The highest BCUT2D eigenvalue weighted by atomic mass is 35.5. The first-order chi connectivity index (χ1) is 8.61. The molecule has 0 atom stereocenters. The largest absolute Gasteiger partial charge is 0.397 e. The number of pyridine rings is 1. The summed E-state index contributed by atoms with van der Waals surface area (Å²) < 4.78 is 0. The molecular formula is C13H9Cl2N3. The molecule has 0 unspecified atom stereocenters. The molecular weight excluding hydrogens is 269 g/mol. The summed E-state index contributed by atoms with van der Waals surface area (Å²) >= 11 is 12.1. The molecule has 0 aliphatic heterocycles. The fourth-order valence-electron chi connectivity index (χ4n) is 1.58. The Morgan fingerprint density at radius 1 is 1.22 bits per heavy atom. The number of benzene rings is 1. The third kappa shape index (κ3) is 2.56. The quantitative estimate of drug-likeness (QED) is 0.910. The van der Waals surface area contributed by atoms with Crippen LogP contribution in [0.15, 0.2) is 30.3 Å². The van der Waals surface area contributed by atoms with Crippen LogP contribution < -0.4 is 5.73 Å². The number of halogens is 2. The Hall–Kier alpha value is -1.76. The van der Waals surface area contributed by atoms with Crippen LogP contribution in [-0.2, 0) is 6.42 Å². The average molecular weight is 278 g/mol. The minimum absolute atomic E-state index is 0.228. The fraction of sp³-hybridized carbons (Fsp3) is 0.0769. The Kier molecular flexibility index (Phi) is 3.71. The van der Waals surface area contributed by atoms with Crippen LogP contribution in [0.25, 0.3) is 11.3 Å². The molecule has 18 heavy (non-hydrogen) atoms. The lowest BCUT2D eigenvalue weighted by atomic mass is 10.1. The third-order valence-corrected chi connectivity index (χ3v) is 2.99. The van der Waals surface area contributed by atoms with Crippen molar-refractivity contribution in [3.8, 4) is 17.3 Å². The fourth-order valence-corrected chi connectivity index (χ4v) is 1.96. The van der Waals surface area contributed by atoms with Crippen molar-refractivity contribution in [1.82, 2.24) is 4.98 Å². The second-order valence-electron chi connectivity index (χ2n) is 3.70. The maximum absolute atomic E-state index is 8.68. The van der Waals surface area contributed by atoms with Crippen molar-refractivity contribution in [2.45, 2.75) is 6.42 Å². The van der Waals surface area contributed by atoms with E-state index >= 15 is 0 Å². The summed E-state index contributed by atoms with van der Waals surface area (Å²) in [5.74, 6) is 0. The Labute approximate surface area is 115 Å². The number of nitrogens with two attached hydrogens (primary N) is 1. The number of anilines is 1. The Balaban J connectivity index is 2.59. The first kappa shape index (κ1) is 12.7. The number of hydrogen-bond acceptors (Lipinski definition) is 3. The molecule has 0 saturated heterocycles. The summed E-state index contributed by atoms with van der Waals surface area (Å²) in [4.78, 5) is 4.34. The number of nitrogen functional groups attached to an aromatic ring is 1. The second kappa shape index (κ2) is 5.26. The first-order valence-electron chi connectivity index (χ1n) is 5.19. The van der Waals surface area contributed by atoms with Crippen LogP contribution in [0.5, 0.6) is 0 Å². The van der Waals surface area contributed by atoms with E-state index in [-0.39, 0.29) is 6.42 Å². The van der Waals surface area contributed by atoms with E-state index in [1.165, 1.54) is 0 Å². The SMILES string of the molecule is N#CCc1ccc(N)c(-c2cc(Cl)ccc2Cl)n1. The van der Waals surface area contributed by atoms with Crippen LogP contribution in [0.3, 0.4) is 0 Å². The highest BCUT2D eigenvalue weighted by molar-refractivity contribution is 6.35. The predicted octanol–water partition coefficient (Wildman–Crippen LogP) is 3.70. The zero-order valence-corrected chi connectivity index (χ0v) is 10.8. The van der Waals surface area contributed by atoms with Gasteiger partial charge in [0.1, 0.15) is 0 Å². The highest BCUT2D eigenvalue weighted by Crippen LogP contribution is 2.32. The lowest BCUT2D eigenvalue weighted by molar-refractivity contribution is 1.12. The normalized spacial score (nSPS) is 10.1. The van der Waals surface area contributed by atoms with E-state index in [0.29, 0.717) is 32.7 Å². The minimum atomic E-state index is 0.228. The first-order valence-corrected chi connectivity index (χ1v) is 5.95. The number of nitrogens with zero attached hydrogens (tertiary/aromatic N) is 2. The van der Waals surface area contributed by atoms with Crippen LogP contribution >= 0.6 is 23.2 Å². The topological polar surface area (TPSA) is 62.7 Å². The molecule has 0 aliphatic rings. The Morgan fingerprint density at radius 2 is 2.00 bits per heavy atom. The molecule has 1 aromatic carbocycles. The summed E-state index contributed by atoms with van der Waals surface area (Å²) in [5, 5.41) is 9.76. The predicted molar refractivity (Wildman–Crippen MR) is 73.4 cm³/mol. The molecule has 0 bridgehead atoms. The Bertz CT molecular complexity index is 633. The zero-order valence-electron chi connectivity index (χ0n) is 9.32. The monoisotopic (exact) mass is 277 g/mol. The minimum Gasteiger partial charge on any atom is -0.397 e. The van der Waals surface area contributed by atoms with Gasteiger partial charge in [-0.15, -0.1) is 0 Å². The van der Waals surface area contributed by atoms with E-state index in [2.05, 4.69) is 4.98 Å². The van der Waals surface area contributed by atoms with Crippen LogP contribution in [0.2, 0.25) is 10.0 Å². The van der Waals surface area contributed by atoms with Gasteiger partial charge in [0.2, 0.25) is 0 Å². The van der Waals surface area contributed by atoms with Crippen molar-refractivity contribution < 1.29 is 0 Å². The summed E-state index contributed by atoms with van der Waals surface area (Å²) in [6, 6.07) is 10.6. The standard InChI is InChI=1S/C13H9Cl2N3/c14-8-1-3-11(15)10(7-8)13-12(17)4-2-9(18-13)5-6-16/h1-4,7H,5,17H2. The van der Waals surface area contributed by atoms with Crippen LogP contribution in [0.1, 0.15) is 5.69 Å². The lowest BCUT2D eigenvalue weighted by Crippen LogP contribution is -1.97. The van der Waals surface area contributed by atoms with Crippen molar-refractivity contribution in [2.24, 2.45) is 0 Å². The maximum atomic E-state index is 8.68. The van der Waals surface area contributed by atoms with Gasteiger partial charge >= 0.3 is 0 Å². The molecule has 0 aliphatic carbocycles. The van der Waals surface area contributed by atoms with E-state index in [0.717, 1.165) is 0 Å². The van der Waals surface area contributed by atoms with E-state index in [4.69, 9.17) is 34.2 Å². The van der Waals surface area contributed by atoms with Crippen LogP contribution in [-0.4, -0.2) is 4.98 Å². The summed E-state index contributed by atoms with van der Waals surface area (Å²) in [6.07, 6.45) is 0.228. The molecule has 2 aromatic rings. The average Bonchev–Trinajstić information content (AvgIpc) is 2.35. The molecule has 0 spiro atoms. The number of nitriles is 1. The summed E-state index contributed by atoms with van der Waals surface area (Å²) in [5.41, 5.74) is 8.26. The summed E-state index contributed by atoms with van der Waals surface area (Å²) in [6.45, 7) is 0. The van der Waals surface area contributed by atoms with Gasteiger partial charge in [-0.3, -0.25) is 0 Å². The van der Waals surface area contributed by atoms with Gasteiger partial charge in [-0.25, -0.2) is 4.98 Å². The molecule has 2 rings (SSSR count). The molecule has 0 fully saturated rings. The smallest absolute Gasteiger partial charge is 0.0950 e. The third-order valence-electron chi connectivity index (χ3n) is 2.43. The van der Waals surface area contributed by atoms with Gasteiger partial charge in [0, 0.05) is 10.6 Å². The Morgan fingerprint density at radius 3 is 2.72 bits per heavy atom. The zero-order chi connectivity index (χ0) is 13.1. The molecule has 1 heterocycles. The van der Waals surface area contributed by atoms with Crippen molar-refractivity contribution in [3.63, 3.8) is 0 Å². The van der Waals surface area contributed by atoms with E-state index in [1.54, 1.807) is 30.3 Å². The molecule has 2 N–H and O–H groups in total. The molecule has 90 valence electrons. The number of aromatic nitrogens is 1. The van der Waals surface area contributed by atoms with Gasteiger partial charge in [-0.1, -0.05) is 23.2 Å². The van der Waals surface area contributed by atoms with Crippen molar-refractivity contribution in [1.29, 1.82) is 5.26 Å². The molecule has 5 heteroatoms. The van der Waals surface area contributed by atoms with Crippen molar-refractivity contribution in [2.75, 3.05) is 5.73 Å². The molecule has 1 aromatic heterocycles. The molecule has 0 radical (unpaired) electrons. The molecule has 3 nitrogen and oxygen atoms in total. The maximum Gasteiger partial charge on any atom is 0.0950 e. The highest BCUT2D eigenvalue weighted by Gasteiger charge is 2.10. The van der Waals surface area contributed by atoms with Gasteiger partial charge in [0.25, 0.3) is 0 Å². The second-order valence-corrected chi connectivity index (χ2v) is 4.54. The van der Waals surface area contributed by atoms with Gasteiger partial charge in [0.05, 0.1) is 34.6 Å². The van der Waals surface area contributed by atoms with Gasteiger partial charge in [0.15, 0.2) is 0 Å². The van der Waals surface area contributed by atoms with Gasteiger partial charge in [-0.05, 0) is 30.3 Å². The van der Waals surface area contributed by atoms with Crippen molar-refractivity contribution in [3.05, 3.63) is 46.1 Å². The van der Waals surface area contributed by atoms with Crippen LogP contribution in [0, 0.1) is 11.3 Å². The van der Waals surface area contributed by atoms with Gasteiger partial charge < -0.3 is 5.73 Å². The van der Waals surface area contributed by atoms with Crippen molar-refractivity contribution >= 4 is 28.9 Å².